The van der Waals surface area contributed by atoms with E-state index in [1.807, 2.05) is 0 Å². The molecule has 0 aromatic carbocycles. The van der Waals surface area contributed by atoms with E-state index < -0.39 is 60.1 Å². The molecule has 172 valence electrons. The third-order valence-electron chi connectivity index (χ3n) is 3.34. The molecular weight excluding hydrogens is 486 g/mol. The summed E-state index contributed by atoms with van der Waals surface area (Å²) in [6.45, 7) is -1.72. The van der Waals surface area contributed by atoms with Gasteiger partial charge < -0.3 is 40.3 Å². The van der Waals surface area contributed by atoms with Crippen LogP contribution in [0.25, 0.3) is 0 Å². The number of phosphoric ester groups is 1. The zero-order chi connectivity index (χ0) is 23.1. The van der Waals surface area contributed by atoms with Crippen molar-refractivity contribution in [2.75, 3.05) is 12.3 Å². The number of alkyl halides is 1. The predicted molar refractivity (Wildman–Crippen MR) is 88.7 cm³/mol. The van der Waals surface area contributed by atoms with Crippen LogP contribution in [0.15, 0.2) is 17.1 Å². The number of hydrogen-bond acceptors (Lipinski definition) is 12. The number of aliphatic hydroxyl groups is 2. The lowest BCUT2D eigenvalue weighted by atomic mass is 10.1. The number of rotatable bonds is 8. The van der Waals surface area contributed by atoms with Gasteiger partial charge in [0.25, 0.3) is 5.85 Å². The molecule has 0 aliphatic carbocycles. The minimum Gasteiger partial charge on any atom is -0.385 e. The number of nitrogens with two attached hydrogens (primary N) is 1. The van der Waals surface area contributed by atoms with Crippen molar-refractivity contribution in [3.63, 3.8) is 0 Å². The fourth-order valence-electron chi connectivity index (χ4n) is 2.18. The molecule has 1 aromatic heterocycles. The summed E-state index contributed by atoms with van der Waals surface area (Å²) in [5.41, 5.74) is 4.17. The molecular formula is C9H15FN3O14P3. The molecule has 30 heavy (non-hydrogen) atoms. The number of aliphatic hydroxyl groups excluding tert-OH is 2. The third kappa shape index (κ3) is 6.21. The van der Waals surface area contributed by atoms with Crippen molar-refractivity contribution in [3.8, 4) is 0 Å². The summed E-state index contributed by atoms with van der Waals surface area (Å²) >= 11 is 0. The first-order valence-electron chi connectivity index (χ1n) is 7.31. The lowest BCUT2D eigenvalue weighted by Gasteiger charge is -2.24. The molecule has 6 atom stereocenters. The van der Waals surface area contributed by atoms with E-state index in [1.165, 1.54) is 0 Å². The number of hydrogen-bond donors (Lipinski definition) is 7. The molecule has 2 rings (SSSR count). The molecule has 0 spiro atoms. The average Bonchev–Trinajstić information content (AvgIpc) is 2.75. The van der Waals surface area contributed by atoms with Crippen LogP contribution in [0.1, 0.15) is 6.23 Å². The van der Waals surface area contributed by atoms with Crippen LogP contribution in [0.4, 0.5) is 10.2 Å². The van der Waals surface area contributed by atoms with Crippen LogP contribution >= 0.6 is 23.5 Å². The summed E-state index contributed by atoms with van der Waals surface area (Å²) in [5, 5.41) is 19.8. The number of nitrogens with zero attached hydrogens (tertiary/aromatic N) is 2. The van der Waals surface area contributed by atoms with Crippen LogP contribution in [0.2, 0.25) is 0 Å². The molecule has 17 nitrogen and oxygen atoms in total. The predicted octanol–water partition coefficient (Wildman–Crippen LogP) is -1.91. The van der Waals surface area contributed by atoms with Gasteiger partial charge in [-0.3, -0.25) is 9.09 Å². The van der Waals surface area contributed by atoms with E-state index >= 15 is 0 Å². The summed E-state index contributed by atoms with van der Waals surface area (Å²) in [4.78, 5) is 50.3. The Morgan fingerprint density at radius 3 is 2.33 bits per heavy atom. The van der Waals surface area contributed by atoms with Crippen molar-refractivity contribution >= 4 is 29.3 Å². The fourth-order valence-corrected chi connectivity index (χ4v) is 5.22. The van der Waals surface area contributed by atoms with Crippen molar-refractivity contribution in [2.45, 2.75) is 24.3 Å². The second kappa shape index (κ2) is 8.44. The van der Waals surface area contributed by atoms with Crippen LogP contribution in [-0.4, -0.2) is 64.0 Å². The fraction of sp³-hybridized carbons (Fsp3) is 0.556. The normalized spacial score (nSPS) is 31.2. The van der Waals surface area contributed by atoms with Gasteiger partial charge in [-0.05, 0) is 6.07 Å². The van der Waals surface area contributed by atoms with Crippen molar-refractivity contribution in [3.05, 3.63) is 22.7 Å². The molecule has 2 heterocycles. The second-order valence-electron chi connectivity index (χ2n) is 5.64. The Hall–Kier alpha value is -1.10. The van der Waals surface area contributed by atoms with Crippen molar-refractivity contribution < 1.29 is 65.8 Å². The molecule has 1 aliphatic heterocycles. The first-order chi connectivity index (χ1) is 13.4. The number of aromatic nitrogens is 2. The monoisotopic (exact) mass is 501 g/mol. The highest BCUT2D eigenvalue weighted by atomic mass is 31.3. The molecule has 1 aliphatic rings. The van der Waals surface area contributed by atoms with Gasteiger partial charge >= 0.3 is 29.2 Å². The molecule has 0 bridgehead atoms. The van der Waals surface area contributed by atoms with E-state index in [-0.39, 0.29) is 5.82 Å². The van der Waals surface area contributed by atoms with Crippen LogP contribution in [-0.2, 0) is 31.6 Å². The number of ether oxygens (including phenoxy) is 1. The lowest BCUT2D eigenvalue weighted by molar-refractivity contribution is -0.204. The van der Waals surface area contributed by atoms with E-state index in [2.05, 4.69) is 18.1 Å². The highest BCUT2D eigenvalue weighted by Crippen LogP contribution is 2.66. The quantitative estimate of drug-likeness (QED) is 0.191. The second-order valence-corrected chi connectivity index (χ2v) is 10.1. The van der Waals surface area contributed by atoms with Gasteiger partial charge in [0.15, 0.2) is 6.23 Å². The van der Waals surface area contributed by atoms with E-state index in [9.17, 15) is 38.0 Å². The minimum atomic E-state index is -5.86. The summed E-state index contributed by atoms with van der Waals surface area (Å²) in [6, 6.07) is 1.08. The van der Waals surface area contributed by atoms with Crippen LogP contribution in [0.3, 0.4) is 0 Å². The van der Waals surface area contributed by atoms with Gasteiger partial charge in [0.05, 0.1) is 0 Å². The molecule has 1 aromatic rings. The Balaban J connectivity index is 2.14. The van der Waals surface area contributed by atoms with Gasteiger partial charge in [-0.25, -0.2) is 22.9 Å². The maximum absolute atomic E-state index is 14.8. The van der Waals surface area contributed by atoms with Gasteiger partial charge in [0, 0.05) is 6.20 Å². The number of phosphoric acid groups is 3. The SMILES string of the molecule is Nc1ccn([C@@H]2O[C@](F)(COP(=O)(O)OP(=O)(O)OP(=O)(O)O)[C@@H](O)[C@H]2O)c(=O)n1. The average molecular weight is 501 g/mol. The van der Waals surface area contributed by atoms with Gasteiger partial charge in [0.2, 0.25) is 0 Å². The zero-order valence-corrected chi connectivity index (χ0v) is 16.9. The van der Waals surface area contributed by atoms with Crippen molar-refractivity contribution in [1.82, 2.24) is 9.55 Å². The van der Waals surface area contributed by atoms with E-state index in [0.29, 0.717) is 4.57 Å². The Morgan fingerprint density at radius 1 is 1.20 bits per heavy atom. The van der Waals surface area contributed by atoms with Crippen molar-refractivity contribution in [2.24, 2.45) is 0 Å². The van der Waals surface area contributed by atoms with Gasteiger partial charge in [0.1, 0.15) is 24.6 Å². The van der Waals surface area contributed by atoms with Gasteiger partial charge in [-0.2, -0.15) is 13.6 Å². The largest absolute Gasteiger partial charge is 0.490 e. The van der Waals surface area contributed by atoms with Crippen LogP contribution in [0, 0.1) is 0 Å². The Morgan fingerprint density at radius 2 is 1.80 bits per heavy atom. The van der Waals surface area contributed by atoms with E-state index in [0.717, 1.165) is 12.3 Å². The van der Waals surface area contributed by atoms with E-state index in [4.69, 9.17) is 25.2 Å². The maximum Gasteiger partial charge on any atom is 0.490 e. The smallest absolute Gasteiger partial charge is 0.385 e. The zero-order valence-electron chi connectivity index (χ0n) is 14.2. The van der Waals surface area contributed by atoms with Crippen LogP contribution in [0.5, 0.6) is 0 Å². The standard InChI is InChI=1S/C9H15FN3O14P3/c10-9(3-24-29(20,21)27-30(22,23)26-28(17,18)19)6(15)5(14)7(25-9)13-2-1-4(11)12-8(13)16/h1-2,5-7,14-15H,3H2,(H,20,21)(H,22,23)(H2,11,12,16)(H2,17,18,19)/t5-,6+,7-,9-/m1/s1. The summed E-state index contributed by atoms with van der Waals surface area (Å²) < 4.78 is 64.4. The molecule has 1 fully saturated rings. The van der Waals surface area contributed by atoms with E-state index in [1.54, 1.807) is 0 Å². The highest BCUT2D eigenvalue weighted by molar-refractivity contribution is 7.66. The van der Waals surface area contributed by atoms with Crippen molar-refractivity contribution in [1.29, 1.82) is 0 Å². The van der Waals surface area contributed by atoms with Gasteiger partial charge in [-0.1, -0.05) is 0 Å². The summed E-state index contributed by atoms with van der Waals surface area (Å²) in [6.07, 6.45) is -5.55. The number of halogens is 1. The topological polar surface area (TPSA) is 270 Å². The maximum atomic E-state index is 14.8. The molecule has 1 saturated heterocycles. The summed E-state index contributed by atoms with van der Waals surface area (Å²) in [7, 11) is -17.2. The molecule has 21 heteroatoms. The first-order valence-corrected chi connectivity index (χ1v) is 11.8. The number of nitrogen functional groups attached to an aromatic ring is 1. The molecule has 0 radical (unpaired) electrons. The third-order valence-corrected chi connectivity index (χ3v) is 7.12. The Labute approximate surface area is 164 Å². The highest BCUT2D eigenvalue weighted by Gasteiger charge is 2.57. The summed E-state index contributed by atoms with van der Waals surface area (Å²) in [5.74, 6) is -3.68. The molecule has 0 amide bonds. The number of anilines is 1. The van der Waals surface area contributed by atoms with Crippen LogP contribution < -0.4 is 11.4 Å². The lowest BCUT2D eigenvalue weighted by Crippen LogP contribution is -2.43. The minimum absolute atomic E-state index is 0.219. The Kier molecular flexibility index (Phi) is 7.08. The Bertz CT molecular complexity index is 998. The first kappa shape index (κ1) is 25.2. The molecule has 8 N–H and O–H groups in total. The van der Waals surface area contributed by atoms with Gasteiger partial charge in [-0.15, -0.1) is 0 Å². The molecule has 0 saturated carbocycles. The molecule has 2 unspecified atom stereocenters.